The summed E-state index contributed by atoms with van der Waals surface area (Å²) < 4.78 is 7.29. The normalized spacial score (nSPS) is 10.7. The molecule has 1 aromatic carbocycles. The van der Waals surface area contributed by atoms with Gasteiger partial charge in [-0.3, -0.25) is 20.2 Å². The van der Waals surface area contributed by atoms with Crippen LogP contribution in [0.1, 0.15) is 37.7 Å². The Labute approximate surface area is 175 Å². The topological polar surface area (TPSA) is 112 Å². The van der Waals surface area contributed by atoms with Gasteiger partial charge in [0, 0.05) is 43.5 Å². The number of rotatable bonds is 14. The van der Waals surface area contributed by atoms with Crippen LogP contribution in [0, 0.1) is 20.2 Å². The van der Waals surface area contributed by atoms with Crippen molar-refractivity contribution in [1.82, 2.24) is 0 Å². The van der Waals surface area contributed by atoms with Crippen LogP contribution in [0.4, 0.5) is 11.4 Å². The Morgan fingerprint density at radius 1 is 1.00 bits per heavy atom. The quantitative estimate of drug-likeness (QED) is 0.152. The number of aromatic nitrogens is 1. The molecule has 0 saturated carbocycles. The molecule has 0 aliphatic heterocycles. The monoisotopic (exact) mass is 415 g/mol. The minimum absolute atomic E-state index is 0.287. The van der Waals surface area contributed by atoms with Gasteiger partial charge in [0.05, 0.1) is 9.85 Å². The number of benzene rings is 1. The second kappa shape index (κ2) is 12.4. The molecule has 9 nitrogen and oxygen atoms in total. The molecule has 9 heteroatoms. The molecule has 0 saturated heterocycles. The number of non-ortho nitro benzene ring substituents is 1. The Bertz CT molecular complexity index is 872. The molecule has 0 atom stereocenters. The molecule has 30 heavy (non-hydrogen) atoms. The number of ether oxygens (including phenoxy) is 1. The van der Waals surface area contributed by atoms with Gasteiger partial charge in [0.15, 0.2) is 12.4 Å². The van der Waals surface area contributed by atoms with Gasteiger partial charge in [-0.2, -0.15) is 4.57 Å². The minimum atomic E-state index is -0.642. The Morgan fingerprint density at radius 3 is 2.50 bits per heavy atom. The van der Waals surface area contributed by atoms with Crippen LogP contribution in [0.5, 0.6) is 0 Å². The molecule has 1 aromatic heterocycles. The Hall–Kier alpha value is -3.20. The van der Waals surface area contributed by atoms with Crippen LogP contribution < -0.4 is 4.57 Å². The molecule has 2 rings (SSSR count). The van der Waals surface area contributed by atoms with Crippen molar-refractivity contribution in [3.05, 3.63) is 68.5 Å². The molecule has 1 heterocycles. The fourth-order valence-electron chi connectivity index (χ4n) is 3.07. The smallest absolute Gasteiger partial charge is 0.347 e. The largest absolute Gasteiger partial charge is 0.381 e. The van der Waals surface area contributed by atoms with Gasteiger partial charge < -0.3 is 9.73 Å². The first-order chi connectivity index (χ1) is 14.5. The van der Waals surface area contributed by atoms with Crippen LogP contribution in [-0.2, 0) is 11.2 Å². The van der Waals surface area contributed by atoms with Crippen molar-refractivity contribution in [1.29, 1.82) is 0 Å². The lowest BCUT2D eigenvalue weighted by atomic mass is 10.1. The molecule has 160 valence electrons. The SMILES string of the molecule is C=NCCCCCCOCCCc1ccc[n+](-c2ccc([N+](=O)[O-])cc2[N+](=O)[O-])c1. The number of nitro benzene ring substituents is 2. The summed E-state index contributed by atoms with van der Waals surface area (Å²) in [6.07, 6.45) is 9.48. The number of pyridine rings is 1. The van der Waals surface area contributed by atoms with E-state index in [0.717, 1.165) is 63.3 Å². The van der Waals surface area contributed by atoms with E-state index in [1.165, 1.54) is 12.1 Å². The van der Waals surface area contributed by atoms with Gasteiger partial charge in [-0.1, -0.05) is 12.8 Å². The molecule has 0 amide bonds. The predicted octanol–water partition coefficient (Wildman–Crippen LogP) is 3.99. The maximum Gasteiger partial charge on any atom is 0.347 e. The molecule has 0 unspecified atom stereocenters. The summed E-state index contributed by atoms with van der Waals surface area (Å²) in [5, 5.41) is 22.3. The van der Waals surface area contributed by atoms with E-state index in [9.17, 15) is 20.2 Å². The summed E-state index contributed by atoms with van der Waals surface area (Å²) in [5.41, 5.74) is 0.677. The van der Waals surface area contributed by atoms with Crippen LogP contribution in [0.15, 0.2) is 47.7 Å². The third kappa shape index (κ3) is 7.32. The lowest BCUT2D eigenvalue weighted by Crippen LogP contribution is -2.31. The summed E-state index contributed by atoms with van der Waals surface area (Å²) in [5.74, 6) is 0. The molecule has 2 aromatic rings. The number of nitrogens with zero attached hydrogens (tertiary/aromatic N) is 4. The van der Waals surface area contributed by atoms with E-state index < -0.39 is 9.85 Å². The first-order valence-corrected chi connectivity index (χ1v) is 9.96. The van der Waals surface area contributed by atoms with E-state index in [0.29, 0.717) is 6.61 Å². The van der Waals surface area contributed by atoms with Crippen molar-refractivity contribution in [3.8, 4) is 5.69 Å². The first kappa shape index (κ1) is 23.1. The lowest BCUT2D eigenvalue weighted by Gasteiger charge is -2.04. The average Bonchev–Trinajstić information content (AvgIpc) is 2.74. The molecule has 0 bridgehead atoms. The predicted molar refractivity (Wildman–Crippen MR) is 113 cm³/mol. The molecule has 0 radical (unpaired) electrons. The van der Waals surface area contributed by atoms with E-state index in [4.69, 9.17) is 4.74 Å². The van der Waals surface area contributed by atoms with Crippen molar-refractivity contribution in [2.24, 2.45) is 4.99 Å². The first-order valence-electron chi connectivity index (χ1n) is 9.96. The fraction of sp³-hybridized carbons (Fsp3) is 0.429. The maximum atomic E-state index is 11.4. The highest BCUT2D eigenvalue weighted by Gasteiger charge is 2.26. The number of hydrogen-bond donors (Lipinski definition) is 0. The zero-order valence-corrected chi connectivity index (χ0v) is 16.9. The van der Waals surface area contributed by atoms with Crippen LogP contribution in [0.25, 0.3) is 5.69 Å². The zero-order chi connectivity index (χ0) is 21.8. The fourth-order valence-corrected chi connectivity index (χ4v) is 3.07. The second-order valence-electron chi connectivity index (χ2n) is 6.88. The highest BCUT2D eigenvalue weighted by molar-refractivity contribution is 5.53. The van der Waals surface area contributed by atoms with Crippen LogP contribution >= 0.6 is 0 Å². The molecule has 0 N–H and O–H groups in total. The van der Waals surface area contributed by atoms with Crippen molar-refractivity contribution in [3.63, 3.8) is 0 Å². The van der Waals surface area contributed by atoms with Crippen molar-refractivity contribution in [2.45, 2.75) is 38.5 Å². The van der Waals surface area contributed by atoms with Crippen molar-refractivity contribution in [2.75, 3.05) is 19.8 Å². The van der Waals surface area contributed by atoms with E-state index in [1.807, 2.05) is 12.3 Å². The summed E-state index contributed by atoms with van der Waals surface area (Å²) in [6.45, 7) is 5.68. The highest BCUT2D eigenvalue weighted by atomic mass is 16.6. The Balaban J connectivity index is 1.87. The summed E-state index contributed by atoms with van der Waals surface area (Å²) >= 11 is 0. The summed E-state index contributed by atoms with van der Waals surface area (Å²) in [7, 11) is 0. The maximum absolute atomic E-state index is 11.4. The van der Waals surface area contributed by atoms with E-state index >= 15 is 0 Å². The number of aliphatic imine (C=N–C) groups is 1. The Morgan fingerprint density at radius 2 is 1.77 bits per heavy atom. The third-order valence-electron chi connectivity index (χ3n) is 4.62. The van der Waals surface area contributed by atoms with E-state index in [1.54, 1.807) is 16.8 Å². The molecular formula is C21H27N4O5+. The molecule has 0 aliphatic rings. The highest BCUT2D eigenvalue weighted by Crippen LogP contribution is 2.24. The van der Waals surface area contributed by atoms with Gasteiger partial charge in [0.2, 0.25) is 0 Å². The van der Waals surface area contributed by atoms with Crippen LogP contribution in [-0.4, -0.2) is 36.3 Å². The lowest BCUT2D eigenvalue weighted by molar-refractivity contribution is -0.601. The van der Waals surface area contributed by atoms with Gasteiger partial charge in [0.1, 0.15) is 6.07 Å². The molecular weight excluding hydrogens is 388 g/mol. The number of aryl methyl sites for hydroxylation is 1. The summed E-state index contributed by atoms with van der Waals surface area (Å²) in [4.78, 5) is 24.9. The van der Waals surface area contributed by atoms with Crippen LogP contribution in [0.3, 0.4) is 0 Å². The minimum Gasteiger partial charge on any atom is -0.381 e. The van der Waals surface area contributed by atoms with Gasteiger partial charge in [-0.25, -0.2) is 0 Å². The van der Waals surface area contributed by atoms with Gasteiger partial charge >= 0.3 is 5.69 Å². The van der Waals surface area contributed by atoms with E-state index in [-0.39, 0.29) is 17.1 Å². The van der Waals surface area contributed by atoms with E-state index in [2.05, 4.69) is 11.7 Å². The van der Waals surface area contributed by atoms with Gasteiger partial charge in [0.25, 0.3) is 11.4 Å². The van der Waals surface area contributed by atoms with Crippen molar-refractivity contribution >= 4 is 18.1 Å². The van der Waals surface area contributed by atoms with Gasteiger partial charge in [-0.15, -0.1) is 0 Å². The number of hydrogen-bond acceptors (Lipinski definition) is 6. The Kier molecular flexibility index (Phi) is 9.53. The average molecular weight is 415 g/mol. The molecule has 0 fully saturated rings. The number of nitro groups is 2. The standard InChI is InChI=1S/C21H27N4O5/c1-22-12-4-2-3-5-14-30-15-7-9-18-8-6-13-23(17-18)20-11-10-19(24(26)27)16-21(20)25(28)29/h6,8,10-11,13,16-17H,1-5,7,9,12,14-15H2/q+1. The number of unbranched alkanes of at least 4 members (excludes halogenated alkanes) is 3. The van der Waals surface area contributed by atoms with Crippen molar-refractivity contribution < 1.29 is 19.2 Å². The molecule has 0 aliphatic carbocycles. The summed E-state index contributed by atoms with van der Waals surface area (Å²) in [6, 6.07) is 7.40. The zero-order valence-electron chi connectivity index (χ0n) is 16.9. The van der Waals surface area contributed by atoms with Crippen LogP contribution in [0.2, 0.25) is 0 Å². The third-order valence-corrected chi connectivity index (χ3v) is 4.62. The second-order valence-corrected chi connectivity index (χ2v) is 6.88. The molecule has 0 spiro atoms. The van der Waals surface area contributed by atoms with Gasteiger partial charge in [-0.05, 0) is 38.5 Å².